The van der Waals surface area contributed by atoms with Gasteiger partial charge in [0.15, 0.2) is 0 Å². The molecule has 156 valence electrons. The second-order valence-corrected chi connectivity index (χ2v) is 7.39. The van der Waals surface area contributed by atoms with E-state index in [-0.39, 0.29) is 5.91 Å². The fourth-order valence-corrected chi connectivity index (χ4v) is 3.83. The number of imidazole rings is 1. The number of anilines is 1. The number of carbonyl (C=O) groups is 1. The summed E-state index contributed by atoms with van der Waals surface area (Å²) in [4.78, 5) is 20.5. The molecule has 6 nitrogen and oxygen atoms in total. The molecule has 2 N–H and O–H groups in total. The third-order valence-corrected chi connectivity index (χ3v) is 5.31. The number of aromatic amines is 1. The van der Waals surface area contributed by atoms with Crippen LogP contribution >= 0.6 is 0 Å². The summed E-state index contributed by atoms with van der Waals surface area (Å²) in [6, 6.07) is 16.2. The summed E-state index contributed by atoms with van der Waals surface area (Å²) in [6.07, 6.45) is 5.03. The number of hydrogen-bond acceptors (Lipinski definition) is 3. The van der Waals surface area contributed by atoms with Gasteiger partial charge in [0.2, 0.25) is 11.9 Å². The molecular weight excluding hydrogens is 376 g/mol. The number of aryl methyl sites for hydroxylation is 2. The van der Waals surface area contributed by atoms with Crippen molar-refractivity contribution in [3.05, 3.63) is 60.3 Å². The molecule has 0 unspecified atom stereocenters. The normalized spacial score (nSPS) is 11.4. The Hall–Kier alpha value is -3.12. The van der Waals surface area contributed by atoms with Gasteiger partial charge >= 0.3 is 0 Å². The maximum absolute atomic E-state index is 12.6. The molecule has 0 bridgehead atoms. The van der Waals surface area contributed by atoms with Crippen molar-refractivity contribution >= 4 is 33.8 Å². The predicted molar refractivity (Wildman–Crippen MR) is 121 cm³/mol. The molecule has 0 atom stereocenters. The molecule has 0 aliphatic rings. The van der Waals surface area contributed by atoms with E-state index in [2.05, 4.69) is 32.0 Å². The summed E-state index contributed by atoms with van der Waals surface area (Å²) in [5.41, 5.74) is 4.31. The van der Waals surface area contributed by atoms with Crippen LogP contribution in [0.3, 0.4) is 0 Å². The van der Waals surface area contributed by atoms with Crippen molar-refractivity contribution in [2.24, 2.45) is 0 Å². The van der Waals surface area contributed by atoms with E-state index in [0.717, 1.165) is 42.4 Å². The van der Waals surface area contributed by atoms with Gasteiger partial charge in [0.1, 0.15) is 0 Å². The molecular formula is C24H28N4O2. The lowest BCUT2D eigenvalue weighted by Crippen LogP contribution is -2.16. The van der Waals surface area contributed by atoms with Crippen LogP contribution in [0.15, 0.2) is 54.7 Å². The van der Waals surface area contributed by atoms with Crippen molar-refractivity contribution < 1.29 is 9.53 Å². The third-order valence-electron chi connectivity index (χ3n) is 5.31. The molecule has 0 saturated carbocycles. The highest BCUT2D eigenvalue weighted by Gasteiger charge is 2.13. The van der Waals surface area contributed by atoms with Crippen LogP contribution in [0.25, 0.3) is 21.9 Å². The second kappa shape index (κ2) is 9.59. The summed E-state index contributed by atoms with van der Waals surface area (Å²) in [7, 11) is 0. The molecule has 4 aromatic rings. The molecule has 1 amide bonds. The van der Waals surface area contributed by atoms with E-state index in [1.165, 1.54) is 10.9 Å². The molecule has 30 heavy (non-hydrogen) atoms. The van der Waals surface area contributed by atoms with Gasteiger partial charge in [-0.3, -0.25) is 10.1 Å². The van der Waals surface area contributed by atoms with Gasteiger partial charge < -0.3 is 14.3 Å². The number of H-pyrrole nitrogens is 1. The summed E-state index contributed by atoms with van der Waals surface area (Å²) in [6.45, 7) is 4.16. The molecule has 0 aliphatic heterocycles. The zero-order valence-corrected chi connectivity index (χ0v) is 17.4. The minimum Gasteiger partial charge on any atom is -0.382 e. The van der Waals surface area contributed by atoms with Gasteiger partial charge in [-0.05, 0) is 49.9 Å². The van der Waals surface area contributed by atoms with E-state index in [1.54, 1.807) is 0 Å². The molecule has 2 aromatic heterocycles. The number of fused-ring (bicyclic) bond motifs is 2. The Labute approximate surface area is 176 Å². The fraction of sp³-hybridized carbons (Fsp3) is 0.333. The van der Waals surface area contributed by atoms with E-state index in [1.807, 2.05) is 49.5 Å². The van der Waals surface area contributed by atoms with Crippen LogP contribution in [0.2, 0.25) is 0 Å². The van der Waals surface area contributed by atoms with Crippen molar-refractivity contribution in [2.45, 2.75) is 39.2 Å². The number of nitrogens with one attached hydrogen (secondary N) is 2. The summed E-state index contributed by atoms with van der Waals surface area (Å²) in [5, 5.41) is 4.25. The van der Waals surface area contributed by atoms with Gasteiger partial charge in [0.05, 0.1) is 11.0 Å². The number of benzene rings is 2. The lowest BCUT2D eigenvalue weighted by Gasteiger charge is -2.10. The Bertz CT molecular complexity index is 1130. The quantitative estimate of drug-likeness (QED) is 0.369. The minimum absolute atomic E-state index is 0.00351. The van der Waals surface area contributed by atoms with Crippen LogP contribution in [0.4, 0.5) is 5.95 Å². The molecule has 0 spiro atoms. The van der Waals surface area contributed by atoms with E-state index in [4.69, 9.17) is 4.74 Å². The zero-order chi connectivity index (χ0) is 20.8. The Balaban J connectivity index is 1.38. The first-order valence-electron chi connectivity index (χ1n) is 10.6. The first kappa shape index (κ1) is 20.2. The van der Waals surface area contributed by atoms with Gasteiger partial charge in [-0.2, -0.15) is 0 Å². The Morgan fingerprint density at radius 1 is 1.13 bits per heavy atom. The summed E-state index contributed by atoms with van der Waals surface area (Å²) in [5.74, 6) is 0.612. The van der Waals surface area contributed by atoms with Gasteiger partial charge in [-0.1, -0.05) is 30.3 Å². The van der Waals surface area contributed by atoms with Crippen LogP contribution < -0.4 is 5.32 Å². The first-order chi connectivity index (χ1) is 14.8. The highest BCUT2D eigenvalue weighted by atomic mass is 16.5. The van der Waals surface area contributed by atoms with Crippen molar-refractivity contribution in [2.75, 3.05) is 18.5 Å². The van der Waals surface area contributed by atoms with E-state index < -0.39 is 0 Å². The zero-order valence-electron chi connectivity index (χ0n) is 17.4. The number of hydrogen-bond donors (Lipinski definition) is 2. The second-order valence-electron chi connectivity index (χ2n) is 7.39. The van der Waals surface area contributed by atoms with Crippen LogP contribution in [0.5, 0.6) is 0 Å². The fourth-order valence-electron chi connectivity index (χ4n) is 3.83. The highest BCUT2D eigenvalue weighted by molar-refractivity contribution is 5.91. The highest BCUT2D eigenvalue weighted by Crippen LogP contribution is 2.22. The number of para-hydroxylation sites is 3. The number of ether oxygens (including phenoxy) is 1. The molecule has 6 heteroatoms. The van der Waals surface area contributed by atoms with Crippen LogP contribution in [-0.2, 0) is 22.5 Å². The predicted octanol–water partition coefficient (Wildman–Crippen LogP) is 4.91. The van der Waals surface area contributed by atoms with Crippen LogP contribution in [-0.4, -0.2) is 33.7 Å². The molecule has 0 radical (unpaired) electrons. The lowest BCUT2D eigenvalue weighted by atomic mass is 10.1. The summed E-state index contributed by atoms with van der Waals surface area (Å²) >= 11 is 0. The molecule has 0 aliphatic carbocycles. The van der Waals surface area contributed by atoms with Crippen molar-refractivity contribution in [3.63, 3.8) is 0 Å². The summed E-state index contributed by atoms with van der Waals surface area (Å²) < 4.78 is 7.54. The largest absolute Gasteiger partial charge is 0.382 e. The number of carbonyl (C=O) groups excluding carboxylic acids is 1. The molecule has 2 heterocycles. The maximum Gasteiger partial charge on any atom is 0.226 e. The smallest absolute Gasteiger partial charge is 0.226 e. The van der Waals surface area contributed by atoms with Gasteiger partial charge in [-0.25, -0.2) is 4.98 Å². The molecule has 2 aromatic carbocycles. The monoisotopic (exact) mass is 404 g/mol. The van der Waals surface area contributed by atoms with Crippen LogP contribution in [0.1, 0.15) is 31.7 Å². The standard InChI is InChI=1S/C24H28N4O2/c1-2-30-16-8-15-28-22-13-6-5-12-21(22)26-24(28)27-23(29)14-7-9-18-17-25-20-11-4-3-10-19(18)20/h3-6,10-13,17,25H,2,7-9,14-16H2,1H3,(H,26,27,29). The maximum atomic E-state index is 12.6. The van der Waals surface area contributed by atoms with E-state index in [9.17, 15) is 4.79 Å². The number of amides is 1. The SMILES string of the molecule is CCOCCCn1c(NC(=O)CCCc2c[nH]c3ccccc23)nc2ccccc21. The molecule has 0 saturated heterocycles. The van der Waals surface area contributed by atoms with Crippen molar-refractivity contribution in [1.82, 2.24) is 14.5 Å². The Morgan fingerprint density at radius 2 is 1.97 bits per heavy atom. The first-order valence-corrected chi connectivity index (χ1v) is 10.6. The average Bonchev–Trinajstić information content (AvgIpc) is 3.32. The molecule has 4 rings (SSSR count). The Morgan fingerprint density at radius 3 is 2.87 bits per heavy atom. The average molecular weight is 405 g/mol. The topological polar surface area (TPSA) is 71.9 Å². The number of nitrogens with zero attached hydrogens (tertiary/aromatic N) is 2. The van der Waals surface area contributed by atoms with E-state index >= 15 is 0 Å². The van der Waals surface area contributed by atoms with Crippen molar-refractivity contribution in [1.29, 1.82) is 0 Å². The van der Waals surface area contributed by atoms with Gasteiger partial charge in [0.25, 0.3) is 0 Å². The van der Waals surface area contributed by atoms with Gasteiger partial charge in [0, 0.05) is 43.3 Å². The molecule has 0 fully saturated rings. The Kier molecular flexibility index (Phi) is 6.44. The minimum atomic E-state index is -0.00351. The van der Waals surface area contributed by atoms with Gasteiger partial charge in [-0.15, -0.1) is 0 Å². The number of aromatic nitrogens is 3. The lowest BCUT2D eigenvalue weighted by molar-refractivity contribution is -0.116. The number of rotatable bonds is 10. The van der Waals surface area contributed by atoms with E-state index in [0.29, 0.717) is 25.6 Å². The van der Waals surface area contributed by atoms with Crippen LogP contribution in [0, 0.1) is 0 Å². The third kappa shape index (κ3) is 4.54. The van der Waals surface area contributed by atoms with Crippen molar-refractivity contribution in [3.8, 4) is 0 Å².